The maximum Gasteiger partial charge on any atom is 0.227 e. The maximum absolute atomic E-state index is 4.78. The number of hydrogen-bond acceptors (Lipinski definition) is 6. The van der Waals surface area contributed by atoms with E-state index in [-0.39, 0.29) is 6.04 Å². The molecule has 2 aromatic carbocycles. The fourth-order valence-electron chi connectivity index (χ4n) is 3.75. The molecule has 1 aliphatic rings. The van der Waals surface area contributed by atoms with E-state index >= 15 is 0 Å². The molecule has 2 aromatic heterocycles. The fraction of sp³-hybridized carbons (Fsp3) is 0.227. The molecule has 0 aliphatic carbocycles. The number of anilines is 3. The number of nitrogens with zero attached hydrogens (tertiary/aromatic N) is 4. The van der Waals surface area contributed by atoms with Gasteiger partial charge in [0.15, 0.2) is 0 Å². The molecule has 3 heterocycles. The predicted molar refractivity (Wildman–Crippen MR) is 115 cm³/mol. The van der Waals surface area contributed by atoms with Crippen molar-refractivity contribution in [3.63, 3.8) is 0 Å². The van der Waals surface area contributed by atoms with Crippen molar-refractivity contribution in [3.05, 3.63) is 72.6 Å². The highest BCUT2D eigenvalue weighted by Gasteiger charge is 2.21. The quantitative estimate of drug-likeness (QED) is 0.498. The second-order valence-electron chi connectivity index (χ2n) is 7.26. The first kappa shape index (κ1) is 17.6. The second kappa shape index (κ2) is 7.89. The largest absolute Gasteiger partial charge is 0.340 e. The van der Waals surface area contributed by atoms with Gasteiger partial charge in [-0.15, -0.1) is 0 Å². The van der Waals surface area contributed by atoms with Gasteiger partial charge in [0.25, 0.3) is 0 Å². The lowest BCUT2D eigenvalue weighted by Gasteiger charge is -2.25. The number of aromatic nitrogens is 4. The average Bonchev–Trinajstić information content (AvgIpc) is 3.09. The summed E-state index contributed by atoms with van der Waals surface area (Å²) in [5.74, 6) is 1.54. The molecule has 7 heteroatoms. The van der Waals surface area contributed by atoms with Gasteiger partial charge in [-0.05, 0) is 42.8 Å². The van der Waals surface area contributed by atoms with Gasteiger partial charge in [-0.2, -0.15) is 10.1 Å². The molecule has 0 amide bonds. The average molecular weight is 385 g/mol. The van der Waals surface area contributed by atoms with Crippen molar-refractivity contribution >= 4 is 28.4 Å². The SMILES string of the molecule is c1ccc(C2CN(c3nccc(Nc4ccc5[nH]ncc5c4)n3)CCCN2)cc1. The van der Waals surface area contributed by atoms with E-state index in [1.165, 1.54) is 5.56 Å². The molecule has 146 valence electrons. The Morgan fingerprint density at radius 3 is 2.93 bits per heavy atom. The van der Waals surface area contributed by atoms with Crippen LogP contribution in [-0.4, -0.2) is 39.8 Å². The van der Waals surface area contributed by atoms with Crippen LogP contribution >= 0.6 is 0 Å². The molecule has 3 N–H and O–H groups in total. The fourth-order valence-corrected chi connectivity index (χ4v) is 3.75. The Morgan fingerprint density at radius 1 is 1.07 bits per heavy atom. The van der Waals surface area contributed by atoms with E-state index in [1.54, 1.807) is 0 Å². The normalized spacial score (nSPS) is 17.2. The third kappa shape index (κ3) is 3.90. The minimum atomic E-state index is 0.266. The molecule has 0 bridgehead atoms. The Hall–Kier alpha value is -3.45. The Balaban J connectivity index is 1.36. The van der Waals surface area contributed by atoms with Crippen LogP contribution < -0.4 is 15.5 Å². The molecule has 0 radical (unpaired) electrons. The smallest absolute Gasteiger partial charge is 0.227 e. The minimum Gasteiger partial charge on any atom is -0.340 e. The molecule has 1 atom stereocenters. The van der Waals surface area contributed by atoms with Gasteiger partial charge < -0.3 is 15.5 Å². The zero-order valence-electron chi connectivity index (χ0n) is 16.0. The lowest BCUT2D eigenvalue weighted by molar-refractivity contribution is 0.568. The number of benzene rings is 2. The summed E-state index contributed by atoms with van der Waals surface area (Å²) >= 11 is 0. The van der Waals surface area contributed by atoms with Crippen molar-refractivity contribution in [1.29, 1.82) is 0 Å². The first-order valence-electron chi connectivity index (χ1n) is 9.92. The Kier molecular flexibility index (Phi) is 4.80. The molecule has 4 aromatic rings. The van der Waals surface area contributed by atoms with Gasteiger partial charge in [-0.25, -0.2) is 4.98 Å². The lowest BCUT2D eigenvalue weighted by atomic mass is 10.1. The van der Waals surface area contributed by atoms with Gasteiger partial charge in [0, 0.05) is 36.4 Å². The van der Waals surface area contributed by atoms with Crippen LogP contribution in [0.5, 0.6) is 0 Å². The van der Waals surface area contributed by atoms with Crippen LogP contribution in [0.3, 0.4) is 0 Å². The van der Waals surface area contributed by atoms with Gasteiger partial charge in [0.2, 0.25) is 5.95 Å². The number of aromatic amines is 1. The molecule has 7 nitrogen and oxygen atoms in total. The summed E-state index contributed by atoms with van der Waals surface area (Å²) in [6.07, 6.45) is 4.69. The maximum atomic E-state index is 4.78. The highest BCUT2D eigenvalue weighted by Crippen LogP contribution is 2.23. The van der Waals surface area contributed by atoms with Gasteiger partial charge in [-0.1, -0.05) is 30.3 Å². The minimum absolute atomic E-state index is 0.266. The molecular formula is C22H23N7. The molecule has 29 heavy (non-hydrogen) atoms. The number of nitrogens with one attached hydrogen (secondary N) is 3. The molecule has 1 fully saturated rings. The summed E-state index contributed by atoms with van der Waals surface area (Å²) in [4.78, 5) is 11.6. The summed E-state index contributed by atoms with van der Waals surface area (Å²) in [7, 11) is 0. The molecule has 0 saturated carbocycles. The van der Waals surface area contributed by atoms with Gasteiger partial charge in [0.05, 0.1) is 11.7 Å². The number of hydrogen-bond donors (Lipinski definition) is 3. The van der Waals surface area contributed by atoms with Crippen LogP contribution in [-0.2, 0) is 0 Å². The Labute approximate surface area is 169 Å². The lowest BCUT2D eigenvalue weighted by Crippen LogP contribution is -2.32. The van der Waals surface area contributed by atoms with Crippen molar-refractivity contribution in [2.45, 2.75) is 12.5 Å². The third-order valence-corrected chi connectivity index (χ3v) is 5.24. The topological polar surface area (TPSA) is 81.8 Å². The van der Waals surface area contributed by atoms with E-state index in [2.05, 4.69) is 67.1 Å². The van der Waals surface area contributed by atoms with Gasteiger partial charge in [0.1, 0.15) is 5.82 Å². The van der Waals surface area contributed by atoms with Crippen LogP contribution in [0.25, 0.3) is 10.9 Å². The van der Waals surface area contributed by atoms with Gasteiger partial charge in [-0.3, -0.25) is 5.10 Å². The summed E-state index contributed by atoms with van der Waals surface area (Å²) < 4.78 is 0. The third-order valence-electron chi connectivity index (χ3n) is 5.24. The molecule has 1 unspecified atom stereocenters. The van der Waals surface area contributed by atoms with Crippen LogP contribution in [0, 0.1) is 0 Å². The van der Waals surface area contributed by atoms with Crippen LogP contribution in [0.4, 0.5) is 17.5 Å². The van der Waals surface area contributed by atoms with E-state index in [9.17, 15) is 0 Å². The number of H-pyrrole nitrogens is 1. The molecule has 1 saturated heterocycles. The van der Waals surface area contributed by atoms with E-state index in [0.29, 0.717) is 0 Å². The van der Waals surface area contributed by atoms with E-state index in [1.807, 2.05) is 30.6 Å². The highest BCUT2D eigenvalue weighted by molar-refractivity contribution is 5.82. The monoisotopic (exact) mass is 385 g/mol. The summed E-state index contributed by atoms with van der Waals surface area (Å²) in [6, 6.07) is 18.8. The van der Waals surface area contributed by atoms with E-state index in [0.717, 1.165) is 54.4 Å². The van der Waals surface area contributed by atoms with Crippen molar-refractivity contribution in [2.24, 2.45) is 0 Å². The predicted octanol–water partition coefficient (Wildman–Crippen LogP) is 3.64. The molecule has 0 spiro atoms. The first-order valence-corrected chi connectivity index (χ1v) is 9.92. The van der Waals surface area contributed by atoms with Crippen molar-refractivity contribution in [3.8, 4) is 0 Å². The van der Waals surface area contributed by atoms with Crippen molar-refractivity contribution in [2.75, 3.05) is 29.9 Å². The Morgan fingerprint density at radius 2 is 2.00 bits per heavy atom. The first-order chi connectivity index (χ1) is 14.3. The summed E-state index contributed by atoms with van der Waals surface area (Å²) in [6.45, 7) is 2.76. The van der Waals surface area contributed by atoms with Crippen LogP contribution in [0.1, 0.15) is 18.0 Å². The zero-order chi connectivity index (χ0) is 19.5. The number of fused-ring (bicyclic) bond motifs is 1. The molecule has 1 aliphatic heterocycles. The number of rotatable bonds is 4. The summed E-state index contributed by atoms with van der Waals surface area (Å²) in [5.41, 5.74) is 3.29. The molecular weight excluding hydrogens is 362 g/mol. The van der Waals surface area contributed by atoms with E-state index in [4.69, 9.17) is 4.98 Å². The Bertz CT molecular complexity index is 1090. The van der Waals surface area contributed by atoms with Crippen molar-refractivity contribution in [1.82, 2.24) is 25.5 Å². The zero-order valence-corrected chi connectivity index (χ0v) is 16.0. The highest BCUT2D eigenvalue weighted by atomic mass is 15.3. The van der Waals surface area contributed by atoms with Crippen LogP contribution in [0.15, 0.2) is 67.0 Å². The summed E-state index contributed by atoms with van der Waals surface area (Å²) in [5, 5.41) is 15.1. The second-order valence-corrected chi connectivity index (χ2v) is 7.26. The van der Waals surface area contributed by atoms with E-state index < -0.39 is 0 Å². The standard InChI is InChI=1S/C22H23N7/c1-2-5-16(6-3-1)20-15-29(12-4-10-23-20)22-24-11-9-21(27-22)26-18-7-8-19-17(13-18)14-25-28-19/h1-3,5-9,11,13-14,20,23H,4,10,12,15H2,(H,25,28)(H,24,26,27). The van der Waals surface area contributed by atoms with Gasteiger partial charge >= 0.3 is 0 Å². The molecule has 5 rings (SSSR count). The van der Waals surface area contributed by atoms with Crippen molar-refractivity contribution < 1.29 is 0 Å². The van der Waals surface area contributed by atoms with Crippen LogP contribution in [0.2, 0.25) is 0 Å².